The van der Waals surface area contributed by atoms with Crippen LogP contribution in [0.2, 0.25) is 0 Å². The topological polar surface area (TPSA) is 95.8 Å². The van der Waals surface area contributed by atoms with Gasteiger partial charge in [0.15, 0.2) is 5.82 Å². The Morgan fingerprint density at radius 3 is 3.07 bits per heavy atom. The second-order valence-corrected chi connectivity index (χ2v) is 7.58. The first kappa shape index (κ1) is 19.0. The van der Waals surface area contributed by atoms with Crippen molar-refractivity contribution in [1.82, 2.24) is 35.1 Å². The number of imidazole rings is 1. The first-order valence-corrected chi connectivity index (χ1v) is 10.4. The lowest BCUT2D eigenvalue weighted by atomic mass is 10.1. The van der Waals surface area contributed by atoms with Crippen LogP contribution >= 0.6 is 0 Å². The Morgan fingerprint density at radius 2 is 2.23 bits per heavy atom. The van der Waals surface area contributed by atoms with E-state index in [-0.39, 0.29) is 12.1 Å². The molecule has 0 saturated carbocycles. The van der Waals surface area contributed by atoms with Gasteiger partial charge in [-0.3, -0.25) is 0 Å². The number of aryl methyl sites for hydroxylation is 1. The fraction of sp³-hybridized carbons (Fsp3) is 0.429. The van der Waals surface area contributed by atoms with E-state index in [1.165, 1.54) is 0 Å². The summed E-state index contributed by atoms with van der Waals surface area (Å²) in [5, 5.41) is 17.2. The molecular formula is C21H25N7O2. The molecule has 30 heavy (non-hydrogen) atoms. The Hall–Kier alpha value is -3.04. The Labute approximate surface area is 174 Å². The van der Waals surface area contributed by atoms with Crippen LogP contribution in [0.4, 0.5) is 0 Å². The minimum atomic E-state index is -0.239. The van der Waals surface area contributed by atoms with Crippen LogP contribution in [0.15, 0.2) is 53.5 Å². The summed E-state index contributed by atoms with van der Waals surface area (Å²) in [4.78, 5) is 4.09. The van der Waals surface area contributed by atoms with Crippen LogP contribution in [0.3, 0.4) is 0 Å². The normalized spacial score (nSPS) is 17.7. The lowest BCUT2D eigenvalue weighted by Crippen LogP contribution is -2.28. The fourth-order valence-electron chi connectivity index (χ4n) is 3.92. The zero-order chi connectivity index (χ0) is 20.2. The average Bonchev–Trinajstić information content (AvgIpc) is 3.56. The van der Waals surface area contributed by atoms with Crippen LogP contribution in [-0.2, 0) is 17.8 Å². The molecule has 1 fully saturated rings. The summed E-state index contributed by atoms with van der Waals surface area (Å²) in [6.07, 6.45) is 8.82. The summed E-state index contributed by atoms with van der Waals surface area (Å²) in [6.45, 7) is 3.13. The van der Waals surface area contributed by atoms with E-state index in [1.54, 1.807) is 6.20 Å². The number of hydrogen-bond acceptors (Lipinski definition) is 7. The third kappa shape index (κ3) is 4.12. The molecule has 4 heterocycles. The number of aromatic nitrogens is 6. The standard InChI is InChI=1S/C21H25N7O2/c1-2-7-18-16(5-1)13-19(30-18)20(23-8-4-10-27-11-9-22-15-27)21-24-25-26-28(21)14-17-6-3-12-29-17/h1-2,5,7,9,11,13,15,17,20,23H,3-4,6,8,10,12,14H2. The van der Waals surface area contributed by atoms with Crippen molar-refractivity contribution in [3.63, 3.8) is 0 Å². The molecule has 3 aromatic heterocycles. The van der Waals surface area contributed by atoms with Gasteiger partial charge >= 0.3 is 0 Å². The average molecular weight is 407 g/mol. The van der Waals surface area contributed by atoms with Crippen LogP contribution in [0, 0.1) is 0 Å². The van der Waals surface area contributed by atoms with E-state index < -0.39 is 0 Å². The molecule has 9 nitrogen and oxygen atoms in total. The smallest absolute Gasteiger partial charge is 0.176 e. The minimum absolute atomic E-state index is 0.157. The van der Waals surface area contributed by atoms with Crippen LogP contribution in [0.5, 0.6) is 0 Å². The second kappa shape index (κ2) is 8.76. The molecule has 156 valence electrons. The number of para-hydroxylation sites is 1. The molecule has 5 rings (SSSR count). The van der Waals surface area contributed by atoms with Crippen LogP contribution < -0.4 is 5.32 Å². The van der Waals surface area contributed by atoms with E-state index >= 15 is 0 Å². The molecule has 1 saturated heterocycles. The Balaban J connectivity index is 1.37. The van der Waals surface area contributed by atoms with E-state index in [1.807, 2.05) is 41.5 Å². The van der Waals surface area contributed by atoms with Crippen molar-refractivity contribution in [1.29, 1.82) is 0 Å². The number of benzene rings is 1. The maximum Gasteiger partial charge on any atom is 0.176 e. The van der Waals surface area contributed by atoms with E-state index in [4.69, 9.17) is 9.15 Å². The van der Waals surface area contributed by atoms with Crippen LogP contribution in [-0.4, -0.2) is 49.0 Å². The summed E-state index contributed by atoms with van der Waals surface area (Å²) in [6, 6.07) is 9.84. The Bertz CT molecular complexity index is 1030. The van der Waals surface area contributed by atoms with Crippen LogP contribution in [0.25, 0.3) is 11.0 Å². The van der Waals surface area contributed by atoms with Gasteiger partial charge in [-0.25, -0.2) is 9.67 Å². The highest BCUT2D eigenvalue weighted by Gasteiger charge is 2.26. The van der Waals surface area contributed by atoms with E-state index in [0.717, 1.165) is 61.5 Å². The first-order chi connectivity index (χ1) is 14.9. The van der Waals surface area contributed by atoms with Gasteiger partial charge in [0, 0.05) is 30.9 Å². The van der Waals surface area contributed by atoms with Gasteiger partial charge in [-0.15, -0.1) is 5.10 Å². The minimum Gasteiger partial charge on any atom is -0.459 e. The maximum atomic E-state index is 6.16. The first-order valence-electron chi connectivity index (χ1n) is 10.4. The predicted octanol–water partition coefficient (Wildman–Crippen LogP) is 2.56. The molecule has 2 atom stereocenters. The number of fused-ring (bicyclic) bond motifs is 1. The highest BCUT2D eigenvalue weighted by molar-refractivity contribution is 5.77. The summed E-state index contributed by atoms with van der Waals surface area (Å²) < 4.78 is 15.9. The number of hydrogen-bond donors (Lipinski definition) is 1. The number of nitrogens with zero attached hydrogens (tertiary/aromatic N) is 6. The van der Waals surface area contributed by atoms with Gasteiger partial charge in [0.1, 0.15) is 17.4 Å². The molecule has 1 aliphatic heterocycles. The number of rotatable bonds is 9. The summed E-state index contributed by atoms with van der Waals surface area (Å²) in [5.74, 6) is 1.55. The van der Waals surface area contributed by atoms with Gasteiger partial charge in [-0.1, -0.05) is 18.2 Å². The van der Waals surface area contributed by atoms with Gasteiger partial charge < -0.3 is 19.0 Å². The van der Waals surface area contributed by atoms with Crippen molar-refractivity contribution in [3.05, 3.63) is 60.6 Å². The van der Waals surface area contributed by atoms with E-state index in [9.17, 15) is 0 Å². The lowest BCUT2D eigenvalue weighted by molar-refractivity contribution is 0.0922. The fourth-order valence-corrected chi connectivity index (χ4v) is 3.92. The van der Waals surface area contributed by atoms with Crippen molar-refractivity contribution >= 4 is 11.0 Å². The van der Waals surface area contributed by atoms with Crippen molar-refractivity contribution in [2.45, 2.75) is 44.5 Å². The molecule has 0 radical (unpaired) electrons. The van der Waals surface area contributed by atoms with E-state index in [2.05, 4.69) is 36.5 Å². The Kier molecular flexibility index (Phi) is 5.54. The second-order valence-electron chi connectivity index (χ2n) is 7.58. The van der Waals surface area contributed by atoms with Crippen molar-refractivity contribution in [2.75, 3.05) is 13.2 Å². The zero-order valence-electron chi connectivity index (χ0n) is 16.7. The molecule has 1 N–H and O–H groups in total. The third-order valence-electron chi connectivity index (χ3n) is 5.45. The molecule has 4 aromatic rings. The lowest BCUT2D eigenvalue weighted by Gasteiger charge is -2.17. The highest BCUT2D eigenvalue weighted by Crippen LogP contribution is 2.27. The zero-order valence-corrected chi connectivity index (χ0v) is 16.7. The number of furan rings is 1. The van der Waals surface area contributed by atoms with Crippen LogP contribution in [0.1, 0.15) is 36.9 Å². The van der Waals surface area contributed by atoms with Gasteiger partial charge in [-0.2, -0.15) is 0 Å². The highest BCUT2D eigenvalue weighted by atomic mass is 16.5. The number of nitrogens with one attached hydrogen (secondary N) is 1. The summed E-state index contributed by atoms with van der Waals surface area (Å²) >= 11 is 0. The van der Waals surface area contributed by atoms with Crippen molar-refractivity contribution in [2.24, 2.45) is 0 Å². The predicted molar refractivity (Wildman–Crippen MR) is 110 cm³/mol. The van der Waals surface area contributed by atoms with E-state index in [0.29, 0.717) is 6.54 Å². The number of ether oxygens (including phenoxy) is 1. The monoisotopic (exact) mass is 407 g/mol. The molecule has 2 unspecified atom stereocenters. The largest absolute Gasteiger partial charge is 0.459 e. The Morgan fingerprint density at radius 1 is 1.27 bits per heavy atom. The number of tetrazole rings is 1. The quantitative estimate of drug-likeness (QED) is 0.426. The van der Waals surface area contributed by atoms with Gasteiger partial charge in [-0.05, 0) is 48.4 Å². The van der Waals surface area contributed by atoms with Gasteiger partial charge in [0.25, 0.3) is 0 Å². The molecular weight excluding hydrogens is 382 g/mol. The summed E-state index contributed by atoms with van der Waals surface area (Å²) in [7, 11) is 0. The molecule has 0 bridgehead atoms. The summed E-state index contributed by atoms with van der Waals surface area (Å²) in [5.41, 5.74) is 0.857. The van der Waals surface area contributed by atoms with Gasteiger partial charge in [0.05, 0.1) is 19.0 Å². The van der Waals surface area contributed by atoms with Crippen molar-refractivity contribution in [3.8, 4) is 0 Å². The van der Waals surface area contributed by atoms with Crippen molar-refractivity contribution < 1.29 is 9.15 Å². The molecule has 1 aliphatic rings. The molecule has 9 heteroatoms. The molecule has 1 aromatic carbocycles. The maximum absolute atomic E-state index is 6.16. The SMILES string of the molecule is c1ccc2oc(C(NCCCn3ccnc3)c3nnnn3CC3CCCO3)cc2c1. The molecule has 0 aliphatic carbocycles. The molecule has 0 amide bonds. The van der Waals surface area contributed by atoms with Gasteiger partial charge in [0.2, 0.25) is 0 Å². The molecule has 0 spiro atoms. The third-order valence-corrected chi connectivity index (χ3v) is 5.45.